The minimum Gasteiger partial charge on any atom is -0.445 e. The van der Waals surface area contributed by atoms with Crippen LogP contribution in [0.15, 0.2) is 54.1 Å². The maximum Gasteiger partial charge on any atom is 0.410 e. The number of carbonyl (C=O) groups excluding carboxylic acids is 1. The third kappa shape index (κ3) is 3.63. The number of ether oxygens (including phenoxy) is 1. The van der Waals surface area contributed by atoms with Gasteiger partial charge in [0, 0.05) is 6.04 Å². The zero-order valence-corrected chi connectivity index (χ0v) is 15.2. The number of fused-ring (bicyclic) bond motifs is 2. The molecule has 1 saturated heterocycles. The number of rotatable bonds is 4. The van der Waals surface area contributed by atoms with Gasteiger partial charge in [0.15, 0.2) is 17.5 Å². The predicted octanol–water partition coefficient (Wildman–Crippen LogP) is 5.15. The number of carbonyl (C=O) groups is 1. The van der Waals surface area contributed by atoms with Gasteiger partial charge in [-0.05, 0) is 42.9 Å². The number of benzene rings is 2. The Morgan fingerprint density at radius 1 is 1.04 bits per heavy atom. The Bertz CT molecular complexity index is 913. The minimum atomic E-state index is -1.44. The Morgan fingerprint density at radius 3 is 2.57 bits per heavy atom. The summed E-state index contributed by atoms with van der Waals surface area (Å²) in [5, 5.41) is 0. The second-order valence-electron chi connectivity index (χ2n) is 7.29. The van der Waals surface area contributed by atoms with Crippen molar-refractivity contribution >= 4 is 6.09 Å². The molecule has 3 nitrogen and oxygen atoms in total. The highest BCUT2D eigenvalue weighted by atomic mass is 19.2. The van der Waals surface area contributed by atoms with Crippen molar-refractivity contribution in [3.8, 4) is 0 Å². The molecule has 0 radical (unpaired) electrons. The molecule has 0 aromatic heterocycles. The third-order valence-electron chi connectivity index (χ3n) is 5.42. The van der Waals surface area contributed by atoms with E-state index in [1.54, 1.807) is 4.90 Å². The van der Waals surface area contributed by atoms with Crippen molar-refractivity contribution in [1.82, 2.24) is 4.90 Å². The van der Waals surface area contributed by atoms with Gasteiger partial charge >= 0.3 is 6.09 Å². The molecule has 2 aliphatic heterocycles. The molecule has 1 amide bonds. The molecule has 4 rings (SSSR count). The molecule has 2 bridgehead atoms. The highest BCUT2D eigenvalue weighted by molar-refractivity contribution is 5.70. The Labute approximate surface area is 161 Å². The van der Waals surface area contributed by atoms with Crippen LogP contribution >= 0.6 is 0 Å². The molecule has 2 heterocycles. The lowest BCUT2D eigenvalue weighted by atomic mass is 9.95. The largest absolute Gasteiger partial charge is 0.445 e. The van der Waals surface area contributed by atoms with E-state index in [9.17, 15) is 18.0 Å². The number of hydrogen-bond donors (Lipinski definition) is 0. The Kier molecular flexibility index (Phi) is 5.11. The first-order valence-corrected chi connectivity index (χ1v) is 9.34. The summed E-state index contributed by atoms with van der Waals surface area (Å²) in [5.41, 5.74) is 1.99. The summed E-state index contributed by atoms with van der Waals surface area (Å²) in [7, 11) is 0. The third-order valence-corrected chi connectivity index (χ3v) is 5.42. The summed E-state index contributed by atoms with van der Waals surface area (Å²) in [4.78, 5) is 14.3. The van der Waals surface area contributed by atoms with E-state index in [0.29, 0.717) is 6.42 Å². The van der Waals surface area contributed by atoms with E-state index < -0.39 is 17.5 Å². The van der Waals surface area contributed by atoms with Gasteiger partial charge in [-0.3, -0.25) is 4.90 Å². The van der Waals surface area contributed by atoms with Crippen LogP contribution in [-0.2, 0) is 17.8 Å². The zero-order chi connectivity index (χ0) is 19.7. The first kappa shape index (κ1) is 18.6. The van der Waals surface area contributed by atoms with Crippen molar-refractivity contribution in [3.05, 3.63) is 82.7 Å². The summed E-state index contributed by atoms with van der Waals surface area (Å²) in [6, 6.07) is 11.6. The summed E-state index contributed by atoms with van der Waals surface area (Å²) in [6.07, 6.45) is 4.03. The van der Waals surface area contributed by atoms with Crippen LogP contribution in [0.4, 0.5) is 18.0 Å². The Balaban J connectivity index is 1.43. The van der Waals surface area contributed by atoms with E-state index >= 15 is 0 Å². The Morgan fingerprint density at radius 2 is 1.82 bits per heavy atom. The molecule has 0 aliphatic carbocycles. The second-order valence-corrected chi connectivity index (χ2v) is 7.29. The van der Waals surface area contributed by atoms with E-state index in [1.807, 2.05) is 36.4 Å². The van der Waals surface area contributed by atoms with Gasteiger partial charge in [-0.1, -0.05) is 48.0 Å². The fourth-order valence-corrected chi connectivity index (χ4v) is 4.08. The molecule has 2 aromatic rings. The van der Waals surface area contributed by atoms with Crippen LogP contribution in [0.5, 0.6) is 0 Å². The van der Waals surface area contributed by atoms with Crippen LogP contribution in [0.1, 0.15) is 30.4 Å². The van der Waals surface area contributed by atoms with Gasteiger partial charge in [0.25, 0.3) is 0 Å². The molecule has 1 fully saturated rings. The molecule has 0 N–H and O–H groups in total. The molecule has 28 heavy (non-hydrogen) atoms. The van der Waals surface area contributed by atoms with Crippen LogP contribution in [0.25, 0.3) is 0 Å². The van der Waals surface area contributed by atoms with Gasteiger partial charge in [-0.15, -0.1) is 0 Å². The molecule has 2 aromatic carbocycles. The first-order valence-electron chi connectivity index (χ1n) is 9.34. The topological polar surface area (TPSA) is 29.5 Å². The fraction of sp³-hybridized carbons (Fsp3) is 0.318. The molecular weight excluding hydrogens is 367 g/mol. The summed E-state index contributed by atoms with van der Waals surface area (Å²) in [6.45, 7) is 0.215. The maximum atomic E-state index is 14.0. The van der Waals surface area contributed by atoms with Gasteiger partial charge in [-0.2, -0.15) is 0 Å². The van der Waals surface area contributed by atoms with Crippen molar-refractivity contribution in [3.63, 3.8) is 0 Å². The van der Waals surface area contributed by atoms with E-state index in [0.717, 1.165) is 30.0 Å². The smallest absolute Gasteiger partial charge is 0.410 e. The lowest BCUT2D eigenvalue weighted by Gasteiger charge is -2.33. The van der Waals surface area contributed by atoms with Crippen molar-refractivity contribution in [2.75, 3.05) is 0 Å². The average molecular weight is 387 g/mol. The number of hydrogen-bond acceptors (Lipinski definition) is 2. The van der Waals surface area contributed by atoms with Crippen molar-refractivity contribution < 1.29 is 22.7 Å². The van der Waals surface area contributed by atoms with Gasteiger partial charge in [-0.25, -0.2) is 18.0 Å². The van der Waals surface area contributed by atoms with Crippen LogP contribution < -0.4 is 0 Å². The molecule has 0 spiro atoms. The molecule has 2 aliphatic rings. The normalized spacial score (nSPS) is 20.8. The van der Waals surface area contributed by atoms with E-state index in [1.165, 1.54) is 6.07 Å². The van der Waals surface area contributed by atoms with Gasteiger partial charge < -0.3 is 4.74 Å². The Hall–Kier alpha value is -2.76. The highest BCUT2D eigenvalue weighted by Crippen LogP contribution is 2.36. The standard InChI is InChI=1S/C22H20F3NO2/c23-19-9-6-16(20(24)21(19)25)10-15-11-17-7-8-18(12-15)26(17)22(27)28-13-14-4-2-1-3-5-14/h1-6,9,11,17-18H,7-8,10,12-13H2. The van der Waals surface area contributed by atoms with Crippen molar-refractivity contribution in [2.24, 2.45) is 0 Å². The van der Waals surface area contributed by atoms with Gasteiger partial charge in [0.2, 0.25) is 0 Å². The number of nitrogens with zero attached hydrogens (tertiary/aromatic N) is 1. The molecule has 0 saturated carbocycles. The second kappa shape index (κ2) is 7.70. The SMILES string of the molecule is O=C(OCc1ccccc1)N1C2C=C(Cc3ccc(F)c(F)c3F)CC1CC2. The molecule has 146 valence electrons. The van der Waals surface area contributed by atoms with Crippen LogP contribution in [0.3, 0.4) is 0 Å². The summed E-state index contributed by atoms with van der Waals surface area (Å²) < 4.78 is 46.0. The number of halogens is 3. The molecule has 2 unspecified atom stereocenters. The van der Waals surface area contributed by atoms with Gasteiger partial charge in [0.05, 0.1) is 6.04 Å². The lowest BCUT2D eigenvalue weighted by Crippen LogP contribution is -2.43. The average Bonchev–Trinajstić information content (AvgIpc) is 2.98. The monoisotopic (exact) mass is 387 g/mol. The van der Waals surface area contributed by atoms with Gasteiger partial charge in [0.1, 0.15) is 6.61 Å². The van der Waals surface area contributed by atoms with E-state index in [2.05, 4.69) is 0 Å². The summed E-state index contributed by atoms with van der Waals surface area (Å²) in [5.74, 6) is -3.77. The first-order chi connectivity index (χ1) is 13.5. The van der Waals surface area contributed by atoms with Crippen molar-refractivity contribution in [1.29, 1.82) is 0 Å². The van der Waals surface area contributed by atoms with Crippen molar-refractivity contribution in [2.45, 2.75) is 44.4 Å². The zero-order valence-electron chi connectivity index (χ0n) is 15.2. The molecule has 6 heteroatoms. The lowest BCUT2D eigenvalue weighted by molar-refractivity contribution is 0.0815. The maximum absolute atomic E-state index is 14.0. The highest BCUT2D eigenvalue weighted by Gasteiger charge is 2.40. The molecule has 2 atom stereocenters. The van der Waals surface area contributed by atoms with E-state index in [-0.39, 0.29) is 36.8 Å². The minimum absolute atomic E-state index is 0.0124. The quantitative estimate of drug-likeness (QED) is 0.537. The van der Waals surface area contributed by atoms with Crippen LogP contribution in [0.2, 0.25) is 0 Å². The van der Waals surface area contributed by atoms with Crippen LogP contribution in [0, 0.1) is 17.5 Å². The predicted molar refractivity (Wildman–Crippen MR) is 98.0 cm³/mol. The van der Waals surface area contributed by atoms with Crippen LogP contribution in [-0.4, -0.2) is 23.1 Å². The summed E-state index contributed by atoms with van der Waals surface area (Å²) >= 11 is 0. The number of amides is 1. The molecular formula is C22H20F3NO2. The fourth-order valence-electron chi connectivity index (χ4n) is 4.08. The van der Waals surface area contributed by atoms with E-state index in [4.69, 9.17) is 4.74 Å².